The van der Waals surface area contributed by atoms with E-state index in [9.17, 15) is 5.11 Å². The third kappa shape index (κ3) is 4.23. The van der Waals surface area contributed by atoms with Crippen molar-refractivity contribution in [2.45, 2.75) is 25.0 Å². The summed E-state index contributed by atoms with van der Waals surface area (Å²) < 4.78 is 11.4. The van der Waals surface area contributed by atoms with Gasteiger partial charge in [0.25, 0.3) is 0 Å². The summed E-state index contributed by atoms with van der Waals surface area (Å²) in [6.07, 6.45) is 2.46. The number of nitrogen functional groups attached to an aromatic ring is 1. The smallest absolute Gasteiger partial charge is 0.166 e. The second-order valence-electron chi connectivity index (χ2n) is 7.19. The van der Waals surface area contributed by atoms with E-state index in [4.69, 9.17) is 38.4 Å². The molecule has 2 aromatic heterocycles. The minimum Gasteiger partial charge on any atom is -0.482 e. The minimum atomic E-state index is -0.528. The predicted molar refractivity (Wildman–Crippen MR) is 117 cm³/mol. The van der Waals surface area contributed by atoms with Gasteiger partial charge in [-0.3, -0.25) is 4.98 Å². The van der Waals surface area contributed by atoms with Crippen LogP contribution in [0.4, 0.5) is 5.82 Å². The highest BCUT2D eigenvalue weighted by Gasteiger charge is 2.28. The number of hydrogen-bond acceptors (Lipinski definition) is 6. The van der Waals surface area contributed by atoms with E-state index in [0.717, 1.165) is 16.8 Å². The number of nitrogens with zero attached hydrogens (tertiary/aromatic N) is 2. The fourth-order valence-corrected chi connectivity index (χ4v) is 4.18. The van der Waals surface area contributed by atoms with E-state index >= 15 is 0 Å². The number of nitrogens with two attached hydrogens (primary N) is 1. The van der Waals surface area contributed by atoms with E-state index in [-0.39, 0.29) is 11.7 Å². The molecule has 1 fully saturated rings. The molecule has 30 heavy (non-hydrogen) atoms. The summed E-state index contributed by atoms with van der Waals surface area (Å²) in [5.74, 6) is 0.591. The van der Waals surface area contributed by atoms with Crippen molar-refractivity contribution in [2.24, 2.45) is 0 Å². The Morgan fingerprint density at radius 1 is 1.10 bits per heavy atom. The van der Waals surface area contributed by atoms with E-state index in [1.165, 1.54) is 0 Å². The predicted octanol–water partition coefficient (Wildman–Crippen LogP) is 4.65. The van der Waals surface area contributed by atoms with Gasteiger partial charge in [-0.25, -0.2) is 4.98 Å². The molecule has 8 heteroatoms. The summed E-state index contributed by atoms with van der Waals surface area (Å²) in [5, 5.41) is 11.0. The quantitative estimate of drug-likeness (QED) is 0.593. The van der Waals surface area contributed by atoms with E-state index in [1.807, 2.05) is 25.1 Å². The van der Waals surface area contributed by atoms with Crippen LogP contribution in [0.5, 0.6) is 5.75 Å². The Balaban J connectivity index is 1.57. The lowest BCUT2D eigenvalue weighted by atomic mass is 10.0. The Labute approximate surface area is 184 Å². The first-order chi connectivity index (χ1) is 14.4. The van der Waals surface area contributed by atoms with E-state index in [2.05, 4.69) is 9.97 Å². The van der Waals surface area contributed by atoms with Crippen LogP contribution in [0.2, 0.25) is 10.0 Å². The number of benzene rings is 1. The number of hydrogen-bond donors (Lipinski definition) is 2. The number of aliphatic hydroxyl groups excluding tert-OH is 1. The molecule has 0 radical (unpaired) electrons. The molecule has 3 N–H and O–H groups in total. The fourth-order valence-electron chi connectivity index (χ4n) is 3.48. The molecule has 0 aliphatic carbocycles. The zero-order valence-electron chi connectivity index (χ0n) is 16.3. The number of aromatic nitrogens is 2. The van der Waals surface area contributed by atoms with Crippen molar-refractivity contribution in [3.05, 3.63) is 70.1 Å². The second kappa shape index (κ2) is 8.78. The van der Waals surface area contributed by atoms with E-state index in [0.29, 0.717) is 34.6 Å². The molecule has 0 bridgehead atoms. The summed E-state index contributed by atoms with van der Waals surface area (Å²) in [6, 6.07) is 10.9. The van der Waals surface area contributed by atoms with Gasteiger partial charge in [0.05, 0.1) is 25.2 Å². The summed E-state index contributed by atoms with van der Waals surface area (Å²) in [4.78, 5) is 8.75. The van der Waals surface area contributed by atoms with Gasteiger partial charge in [-0.2, -0.15) is 0 Å². The number of anilines is 1. The number of rotatable bonds is 5. The van der Waals surface area contributed by atoms with Gasteiger partial charge in [0.15, 0.2) is 11.6 Å². The van der Waals surface area contributed by atoms with Crippen LogP contribution in [0.15, 0.2) is 48.8 Å². The topological polar surface area (TPSA) is 90.5 Å². The van der Waals surface area contributed by atoms with Gasteiger partial charge in [0, 0.05) is 44.8 Å². The third-order valence-corrected chi connectivity index (χ3v) is 5.80. The van der Waals surface area contributed by atoms with Crippen LogP contribution in [0.1, 0.15) is 30.2 Å². The first-order valence-corrected chi connectivity index (χ1v) is 10.3. The Hall–Kier alpha value is -2.38. The molecule has 4 rings (SSSR count). The van der Waals surface area contributed by atoms with Crippen molar-refractivity contribution in [1.29, 1.82) is 0 Å². The maximum absolute atomic E-state index is 9.99. The Morgan fingerprint density at radius 3 is 2.47 bits per heavy atom. The monoisotopic (exact) mass is 445 g/mol. The van der Waals surface area contributed by atoms with Crippen molar-refractivity contribution >= 4 is 29.0 Å². The normalized spacial score (nSPS) is 19.6. The molecule has 3 aromatic rings. The minimum absolute atomic E-state index is 0.108. The van der Waals surface area contributed by atoms with Crippen LogP contribution in [-0.4, -0.2) is 34.4 Å². The standard InChI is InChI=1S/C22H21Cl2N3O3/c1-12(21-16(23)3-2-4-17(21)24)30-20-7-14(9-27-22(20)25)13-5-6-18(26-8-13)15-10-29-11-19(15)28/h2-9,12,15,19,28H,10-11H2,1H3,(H2,25,27). The van der Waals surface area contributed by atoms with Gasteiger partial charge >= 0.3 is 0 Å². The zero-order valence-corrected chi connectivity index (χ0v) is 17.8. The van der Waals surface area contributed by atoms with Gasteiger partial charge in [-0.15, -0.1) is 0 Å². The SMILES string of the molecule is CC(Oc1cc(-c2ccc(C3COCC3O)nc2)cnc1N)c1c(Cl)cccc1Cl. The van der Waals surface area contributed by atoms with Crippen molar-refractivity contribution in [3.8, 4) is 16.9 Å². The van der Waals surface area contributed by atoms with Crippen molar-refractivity contribution in [2.75, 3.05) is 18.9 Å². The highest BCUT2D eigenvalue weighted by molar-refractivity contribution is 6.36. The Morgan fingerprint density at radius 2 is 1.83 bits per heavy atom. The first kappa shape index (κ1) is 20.9. The summed E-state index contributed by atoms with van der Waals surface area (Å²) in [7, 11) is 0. The fraction of sp³-hybridized carbons (Fsp3) is 0.273. The van der Waals surface area contributed by atoms with Crippen LogP contribution in [0.25, 0.3) is 11.1 Å². The third-order valence-electron chi connectivity index (χ3n) is 5.14. The van der Waals surface area contributed by atoms with Gasteiger partial charge in [-0.1, -0.05) is 35.3 Å². The highest BCUT2D eigenvalue weighted by Crippen LogP contribution is 2.36. The van der Waals surface area contributed by atoms with Crippen molar-refractivity contribution in [3.63, 3.8) is 0 Å². The van der Waals surface area contributed by atoms with Crippen LogP contribution < -0.4 is 10.5 Å². The maximum Gasteiger partial charge on any atom is 0.166 e. The van der Waals surface area contributed by atoms with Crippen LogP contribution in [0, 0.1) is 0 Å². The molecule has 3 unspecified atom stereocenters. The van der Waals surface area contributed by atoms with E-state index in [1.54, 1.807) is 30.6 Å². The van der Waals surface area contributed by atoms with E-state index < -0.39 is 12.2 Å². The zero-order chi connectivity index (χ0) is 21.3. The number of pyridine rings is 2. The number of halogens is 2. The first-order valence-electron chi connectivity index (χ1n) is 9.52. The average molecular weight is 446 g/mol. The summed E-state index contributed by atoms with van der Waals surface area (Å²) >= 11 is 12.6. The molecular weight excluding hydrogens is 425 g/mol. The number of ether oxygens (including phenoxy) is 2. The Kier molecular flexibility index (Phi) is 6.11. The average Bonchev–Trinajstić information content (AvgIpc) is 3.15. The van der Waals surface area contributed by atoms with Gasteiger partial charge in [0.1, 0.15) is 6.10 Å². The summed E-state index contributed by atoms with van der Waals surface area (Å²) in [5.41, 5.74) is 9.18. The van der Waals surface area contributed by atoms with Crippen LogP contribution >= 0.6 is 23.2 Å². The lowest BCUT2D eigenvalue weighted by molar-refractivity contribution is 0.124. The lowest BCUT2D eigenvalue weighted by Crippen LogP contribution is -2.16. The molecule has 6 nitrogen and oxygen atoms in total. The highest BCUT2D eigenvalue weighted by atomic mass is 35.5. The molecule has 156 valence electrons. The lowest BCUT2D eigenvalue weighted by Gasteiger charge is -2.19. The number of aliphatic hydroxyl groups is 1. The van der Waals surface area contributed by atoms with Crippen molar-refractivity contribution < 1.29 is 14.6 Å². The van der Waals surface area contributed by atoms with Gasteiger partial charge in [0.2, 0.25) is 0 Å². The van der Waals surface area contributed by atoms with Crippen LogP contribution in [-0.2, 0) is 4.74 Å². The molecule has 1 aromatic carbocycles. The maximum atomic E-state index is 9.99. The Bertz CT molecular complexity index is 1030. The largest absolute Gasteiger partial charge is 0.482 e. The van der Waals surface area contributed by atoms with Gasteiger partial charge < -0.3 is 20.3 Å². The molecule has 1 aliphatic rings. The molecule has 0 spiro atoms. The van der Waals surface area contributed by atoms with Gasteiger partial charge in [-0.05, 0) is 31.2 Å². The summed E-state index contributed by atoms with van der Waals surface area (Å²) in [6.45, 7) is 2.66. The molecule has 1 aliphatic heterocycles. The molecular formula is C22H21Cl2N3O3. The molecule has 0 saturated carbocycles. The van der Waals surface area contributed by atoms with Crippen molar-refractivity contribution in [1.82, 2.24) is 9.97 Å². The molecule has 0 amide bonds. The molecule has 1 saturated heterocycles. The van der Waals surface area contributed by atoms with Crippen LogP contribution in [0.3, 0.4) is 0 Å². The molecule has 3 heterocycles. The second-order valence-corrected chi connectivity index (χ2v) is 8.00. The molecule has 3 atom stereocenters.